The van der Waals surface area contributed by atoms with Gasteiger partial charge in [-0.25, -0.2) is 0 Å². The van der Waals surface area contributed by atoms with Crippen LogP contribution in [0.15, 0.2) is 24.3 Å². The monoisotopic (exact) mass is 274 g/mol. The largest absolute Gasteiger partial charge is 0.326 e. The minimum atomic E-state index is 0.182. The number of hydrogen-bond donors (Lipinski definition) is 2. The fraction of sp³-hybridized carbons (Fsp3) is 0.588. The van der Waals surface area contributed by atoms with E-state index in [9.17, 15) is 4.79 Å². The van der Waals surface area contributed by atoms with Crippen molar-refractivity contribution in [2.24, 2.45) is 11.8 Å². The fourth-order valence-electron chi connectivity index (χ4n) is 2.30. The van der Waals surface area contributed by atoms with Gasteiger partial charge in [-0.3, -0.25) is 4.79 Å². The normalized spacial score (nSPS) is 15.2. The first-order valence-electron chi connectivity index (χ1n) is 7.75. The number of benzene rings is 1. The molecular formula is C17H26N2O. The third-order valence-corrected chi connectivity index (χ3v) is 3.90. The van der Waals surface area contributed by atoms with E-state index in [2.05, 4.69) is 36.6 Å². The SMILES string of the molecule is CC(C)CCNCc1cccc(NC(=O)C2CCC2)c1. The Morgan fingerprint density at radius 1 is 1.35 bits per heavy atom. The summed E-state index contributed by atoms with van der Waals surface area (Å²) in [4.78, 5) is 11.9. The number of amides is 1. The van der Waals surface area contributed by atoms with Gasteiger partial charge < -0.3 is 10.6 Å². The maximum Gasteiger partial charge on any atom is 0.227 e. The standard InChI is InChI=1S/C17H26N2O/c1-13(2)9-10-18-12-14-5-3-8-16(11-14)19-17(20)15-6-4-7-15/h3,5,8,11,13,15,18H,4,6-7,9-10,12H2,1-2H3,(H,19,20). The minimum absolute atomic E-state index is 0.182. The van der Waals surface area contributed by atoms with Crippen LogP contribution in [0.25, 0.3) is 0 Å². The van der Waals surface area contributed by atoms with Crippen LogP contribution in [0, 0.1) is 11.8 Å². The zero-order valence-electron chi connectivity index (χ0n) is 12.6. The van der Waals surface area contributed by atoms with Gasteiger partial charge in [0.2, 0.25) is 5.91 Å². The molecule has 1 amide bonds. The lowest BCUT2D eigenvalue weighted by Gasteiger charge is -2.24. The van der Waals surface area contributed by atoms with Crippen LogP contribution >= 0.6 is 0 Å². The Morgan fingerprint density at radius 2 is 2.15 bits per heavy atom. The number of carbonyl (C=O) groups excluding carboxylic acids is 1. The van der Waals surface area contributed by atoms with Crippen LogP contribution in [0.2, 0.25) is 0 Å². The Hall–Kier alpha value is -1.35. The maximum atomic E-state index is 11.9. The van der Waals surface area contributed by atoms with Crippen LogP contribution in [-0.2, 0) is 11.3 Å². The Balaban J connectivity index is 1.79. The first-order valence-corrected chi connectivity index (χ1v) is 7.75. The Labute approximate surface area is 122 Å². The molecule has 1 fully saturated rings. The van der Waals surface area contributed by atoms with Crippen LogP contribution < -0.4 is 10.6 Å². The number of hydrogen-bond acceptors (Lipinski definition) is 2. The van der Waals surface area contributed by atoms with Gasteiger partial charge in [0.05, 0.1) is 0 Å². The molecule has 0 unspecified atom stereocenters. The molecule has 3 heteroatoms. The highest BCUT2D eigenvalue weighted by Gasteiger charge is 2.24. The van der Waals surface area contributed by atoms with Crippen LogP contribution in [0.4, 0.5) is 5.69 Å². The summed E-state index contributed by atoms with van der Waals surface area (Å²) in [6.45, 7) is 6.37. The molecule has 0 saturated heterocycles. The van der Waals surface area contributed by atoms with E-state index < -0.39 is 0 Å². The van der Waals surface area contributed by atoms with Crippen molar-refractivity contribution in [3.8, 4) is 0 Å². The van der Waals surface area contributed by atoms with Gasteiger partial charge in [-0.2, -0.15) is 0 Å². The van der Waals surface area contributed by atoms with E-state index in [1.165, 1.54) is 18.4 Å². The lowest BCUT2D eigenvalue weighted by molar-refractivity contribution is -0.122. The highest BCUT2D eigenvalue weighted by Crippen LogP contribution is 2.27. The van der Waals surface area contributed by atoms with Crippen LogP contribution in [0.5, 0.6) is 0 Å². The third-order valence-electron chi connectivity index (χ3n) is 3.90. The molecule has 20 heavy (non-hydrogen) atoms. The van der Waals surface area contributed by atoms with E-state index in [-0.39, 0.29) is 11.8 Å². The molecule has 2 rings (SSSR count). The zero-order valence-corrected chi connectivity index (χ0v) is 12.6. The predicted molar refractivity (Wildman–Crippen MR) is 83.6 cm³/mol. The van der Waals surface area contributed by atoms with Crippen molar-refractivity contribution in [2.75, 3.05) is 11.9 Å². The Bertz CT molecular complexity index is 438. The minimum Gasteiger partial charge on any atom is -0.326 e. The second-order valence-corrected chi connectivity index (χ2v) is 6.18. The molecule has 3 nitrogen and oxygen atoms in total. The van der Waals surface area contributed by atoms with E-state index in [0.717, 1.165) is 37.5 Å². The maximum absolute atomic E-state index is 11.9. The third kappa shape index (κ3) is 4.64. The molecule has 1 aromatic carbocycles. The summed E-state index contributed by atoms with van der Waals surface area (Å²) in [7, 11) is 0. The van der Waals surface area contributed by atoms with E-state index >= 15 is 0 Å². The van der Waals surface area contributed by atoms with E-state index in [1.54, 1.807) is 0 Å². The summed E-state index contributed by atoms with van der Waals surface area (Å²) < 4.78 is 0. The van der Waals surface area contributed by atoms with Crippen molar-refractivity contribution < 1.29 is 4.79 Å². The molecule has 0 radical (unpaired) electrons. The highest BCUT2D eigenvalue weighted by molar-refractivity contribution is 5.93. The molecule has 0 aromatic heterocycles. The van der Waals surface area contributed by atoms with Crippen LogP contribution in [0.3, 0.4) is 0 Å². The summed E-state index contributed by atoms with van der Waals surface area (Å²) >= 11 is 0. The zero-order chi connectivity index (χ0) is 14.4. The van der Waals surface area contributed by atoms with Crippen molar-refractivity contribution >= 4 is 11.6 Å². The molecule has 0 heterocycles. The summed E-state index contributed by atoms with van der Waals surface area (Å²) in [6.07, 6.45) is 4.47. The van der Waals surface area contributed by atoms with Gasteiger partial charge in [0, 0.05) is 18.2 Å². The van der Waals surface area contributed by atoms with E-state index in [1.807, 2.05) is 12.1 Å². The number of nitrogens with one attached hydrogen (secondary N) is 2. The second kappa shape index (κ2) is 7.44. The van der Waals surface area contributed by atoms with Crippen molar-refractivity contribution in [1.29, 1.82) is 0 Å². The van der Waals surface area contributed by atoms with Crippen molar-refractivity contribution in [2.45, 2.75) is 46.1 Å². The van der Waals surface area contributed by atoms with Gasteiger partial charge in [-0.15, -0.1) is 0 Å². The Morgan fingerprint density at radius 3 is 2.80 bits per heavy atom. The predicted octanol–water partition coefficient (Wildman–Crippen LogP) is 3.56. The average molecular weight is 274 g/mol. The summed E-state index contributed by atoms with van der Waals surface area (Å²) in [5.74, 6) is 1.15. The molecule has 0 aliphatic heterocycles. The second-order valence-electron chi connectivity index (χ2n) is 6.18. The summed E-state index contributed by atoms with van der Waals surface area (Å²) in [6, 6.07) is 8.14. The summed E-state index contributed by atoms with van der Waals surface area (Å²) in [5.41, 5.74) is 2.14. The summed E-state index contributed by atoms with van der Waals surface area (Å²) in [5, 5.41) is 6.47. The Kier molecular flexibility index (Phi) is 5.60. The van der Waals surface area contributed by atoms with E-state index in [0.29, 0.717) is 0 Å². The fourth-order valence-corrected chi connectivity index (χ4v) is 2.30. The van der Waals surface area contributed by atoms with Gasteiger partial charge in [-0.05, 0) is 49.4 Å². The first kappa shape index (κ1) is 15.0. The molecule has 0 spiro atoms. The van der Waals surface area contributed by atoms with Crippen molar-refractivity contribution in [1.82, 2.24) is 5.32 Å². The van der Waals surface area contributed by atoms with Gasteiger partial charge in [0.1, 0.15) is 0 Å². The van der Waals surface area contributed by atoms with Gasteiger partial charge in [-0.1, -0.05) is 32.4 Å². The lowest BCUT2D eigenvalue weighted by atomic mass is 9.85. The molecule has 1 saturated carbocycles. The number of anilines is 1. The molecule has 110 valence electrons. The first-order chi connectivity index (χ1) is 9.65. The number of rotatable bonds is 7. The molecule has 2 N–H and O–H groups in total. The number of carbonyl (C=O) groups is 1. The average Bonchev–Trinajstić information content (AvgIpc) is 2.32. The smallest absolute Gasteiger partial charge is 0.227 e. The molecule has 1 aliphatic rings. The van der Waals surface area contributed by atoms with Crippen molar-refractivity contribution in [3.05, 3.63) is 29.8 Å². The van der Waals surface area contributed by atoms with Gasteiger partial charge in [0.15, 0.2) is 0 Å². The van der Waals surface area contributed by atoms with Gasteiger partial charge >= 0.3 is 0 Å². The van der Waals surface area contributed by atoms with E-state index in [4.69, 9.17) is 0 Å². The van der Waals surface area contributed by atoms with Crippen molar-refractivity contribution in [3.63, 3.8) is 0 Å². The van der Waals surface area contributed by atoms with Crippen LogP contribution in [0.1, 0.15) is 45.1 Å². The molecular weight excluding hydrogens is 248 g/mol. The molecule has 1 aliphatic carbocycles. The topological polar surface area (TPSA) is 41.1 Å². The lowest BCUT2D eigenvalue weighted by Crippen LogP contribution is -2.28. The highest BCUT2D eigenvalue weighted by atomic mass is 16.1. The molecule has 0 bridgehead atoms. The molecule has 0 atom stereocenters. The quantitative estimate of drug-likeness (QED) is 0.746. The van der Waals surface area contributed by atoms with Gasteiger partial charge in [0.25, 0.3) is 0 Å². The molecule has 1 aromatic rings. The van der Waals surface area contributed by atoms with Crippen LogP contribution in [-0.4, -0.2) is 12.5 Å².